The van der Waals surface area contributed by atoms with E-state index in [2.05, 4.69) is 22.5 Å². The van der Waals surface area contributed by atoms with Gasteiger partial charge >= 0.3 is 6.18 Å². The Morgan fingerprint density at radius 2 is 2.00 bits per heavy atom. The molecule has 2 N–H and O–H groups in total. The van der Waals surface area contributed by atoms with Crippen LogP contribution in [0.25, 0.3) is 0 Å². The largest absolute Gasteiger partial charge is 0.496 e. The number of para-hydroxylation sites is 1. The minimum atomic E-state index is -4.16. The molecule has 0 saturated carbocycles. The highest BCUT2D eigenvalue weighted by Crippen LogP contribution is 2.30. The molecule has 0 fully saturated rings. The van der Waals surface area contributed by atoms with Crippen LogP contribution in [0.3, 0.4) is 0 Å². The van der Waals surface area contributed by atoms with Crippen molar-refractivity contribution in [3.8, 4) is 5.75 Å². The van der Waals surface area contributed by atoms with Gasteiger partial charge in [0.2, 0.25) is 0 Å². The number of hydrogen-bond acceptors (Lipinski definition) is 3. The van der Waals surface area contributed by atoms with E-state index in [-0.39, 0.29) is 12.5 Å². The van der Waals surface area contributed by atoms with Crippen LogP contribution < -0.4 is 15.4 Å². The predicted octanol–water partition coefficient (Wildman–Crippen LogP) is 3.93. The first kappa shape index (κ1) is 21.5. The number of alkyl halides is 3. The molecule has 0 bridgehead atoms. The third-order valence-corrected chi connectivity index (χ3v) is 4.58. The smallest absolute Gasteiger partial charge is 0.390 e. The fraction of sp³-hybridized carbons (Fsp3) is 0.588. The van der Waals surface area contributed by atoms with Crippen LogP contribution in [0.5, 0.6) is 5.75 Å². The number of aliphatic imine (C=N–C) groups is 1. The molecule has 0 saturated heterocycles. The predicted molar refractivity (Wildman–Crippen MR) is 97.5 cm³/mol. The molecule has 1 aromatic carbocycles. The Morgan fingerprint density at radius 3 is 2.64 bits per heavy atom. The highest BCUT2D eigenvalue weighted by atomic mass is 32.2. The van der Waals surface area contributed by atoms with Gasteiger partial charge in [-0.25, -0.2) is 0 Å². The quantitative estimate of drug-likeness (QED) is 0.389. The fourth-order valence-corrected chi connectivity index (χ4v) is 2.97. The number of thioether (sulfide) groups is 1. The molecule has 4 nitrogen and oxygen atoms in total. The second-order valence-electron chi connectivity index (χ2n) is 5.58. The molecule has 0 aliphatic rings. The molecule has 0 amide bonds. The number of benzene rings is 1. The van der Waals surface area contributed by atoms with Gasteiger partial charge in [0, 0.05) is 30.3 Å². The van der Waals surface area contributed by atoms with E-state index in [0.29, 0.717) is 19.0 Å². The lowest BCUT2D eigenvalue weighted by molar-refractivity contribution is -0.132. The normalized spacial score (nSPS) is 13.4. The highest BCUT2D eigenvalue weighted by molar-refractivity contribution is 7.99. The summed E-state index contributed by atoms with van der Waals surface area (Å²) in [5, 5.41) is 5.68. The van der Waals surface area contributed by atoms with Crippen molar-refractivity contribution in [3.05, 3.63) is 24.3 Å². The summed E-state index contributed by atoms with van der Waals surface area (Å²) in [7, 11) is 1.64. The summed E-state index contributed by atoms with van der Waals surface area (Å²) in [6, 6.07) is 7.80. The van der Waals surface area contributed by atoms with Crippen LogP contribution in [-0.4, -0.2) is 44.6 Å². The summed E-state index contributed by atoms with van der Waals surface area (Å²) in [5.41, 5.74) is 0. The Balaban J connectivity index is 2.46. The van der Waals surface area contributed by atoms with Gasteiger partial charge in [0.1, 0.15) is 5.75 Å². The van der Waals surface area contributed by atoms with Gasteiger partial charge in [0.05, 0.1) is 13.5 Å². The molecule has 0 radical (unpaired) electrons. The zero-order chi connectivity index (χ0) is 18.7. The number of nitrogens with one attached hydrogen (secondary N) is 2. The number of ether oxygens (including phenoxy) is 1. The van der Waals surface area contributed by atoms with Gasteiger partial charge in [0.25, 0.3) is 0 Å². The minimum Gasteiger partial charge on any atom is -0.496 e. The maximum Gasteiger partial charge on any atom is 0.390 e. The van der Waals surface area contributed by atoms with Crippen LogP contribution in [0.4, 0.5) is 13.2 Å². The molecule has 0 heterocycles. The lowest BCUT2D eigenvalue weighted by Gasteiger charge is -2.14. The average Bonchev–Trinajstić information content (AvgIpc) is 2.57. The molecule has 0 aliphatic heterocycles. The number of methoxy groups -OCH3 is 1. The molecular formula is C17H26F3N3OS. The zero-order valence-corrected chi connectivity index (χ0v) is 15.6. The minimum absolute atomic E-state index is 0.181. The number of rotatable bonds is 9. The van der Waals surface area contributed by atoms with E-state index >= 15 is 0 Å². The maximum absolute atomic E-state index is 12.2. The van der Waals surface area contributed by atoms with E-state index in [1.54, 1.807) is 18.9 Å². The van der Waals surface area contributed by atoms with E-state index in [4.69, 9.17) is 4.74 Å². The Labute approximate surface area is 151 Å². The van der Waals surface area contributed by atoms with Crippen molar-refractivity contribution in [1.82, 2.24) is 10.6 Å². The van der Waals surface area contributed by atoms with Crippen molar-refractivity contribution in [2.24, 2.45) is 10.9 Å². The third kappa shape index (κ3) is 9.48. The van der Waals surface area contributed by atoms with Gasteiger partial charge in [-0.05, 0) is 25.0 Å². The van der Waals surface area contributed by atoms with Crippen molar-refractivity contribution in [2.75, 3.05) is 32.5 Å². The second-order valence-corrected chi connectivity index (χ2v) is 6.64. The average molecular weight is 377 g/mol. The summed E-state index contributed by atoms with van der Waals surface area (Å²) in [5.74, 6) is 2.37. The Morgan fingerprint density at radius 1 is 1.28 bits per heavy atom. The van der Waals surface area contributed by atoms with Crippen LogP contribution >= 0.6 is 11.8 Å². The van der Waals surface area contributed by atoms with E-state index < -0.39 is 12.6 Å². The lowest BCUT2D eigenvalue weighted by Crippen LogP contribution is -2.39. The van der Waals surface area contributed by atoms with Crippen LogP contribution in [0, 0.1) is 5.92 Å². The van der Waals surface area contributed by atoms with Crippen LogP contribution in [0.2, 0.25) is 0 Å². The van der Waals surface area contributed by atoms with Crippen molar-refractivity contribution >= 4 is 17.7 Å². The first-order chi connectivity index (χ1) is 11.9. The molecule has 1 rings (SSSR count). The molecule has 0 spiro atoms. The summed E-state index contributed by atoms with van der Waals surface area (Å²) >= 11 is 1.68. The molecule has 0 aliphatic carbocycles. The fourth-order valence-electron chi connectivity index (χ4n) is 1.93. The molecule has 0 aromatic heterocycles. The SMILES string of the molecule is CCNC(=NCC(C)CSc1ccccc1OC)NCCC(F)(F)F. The standard InChI is InChI=1S/C17H26F3N3OS/c1-4-21-16(22-10-9-17(18,19)20)23-11-13(2)12-25-15-8-6-5-7-14(15)24-3/h5-8,13H,4,9-12H2,1-3H3,(H2,21,22,23). The topological polar surface area (TPSA) is 45.7 Å². The number of halogens is 3. The molecule has 8 heteroatoms. The van der Waals surface area contributed by atoms with Gasteiger partial charge in [-0.15, -0.1) is 11.8 Å². The second kappa shape index (κ2) is 11.1. The highest BCUT2D eigenvalue weighted by Gasteiger charge is 2.26. The number of guanidine groups is 1. The van der Waals surface area contributed by atoms with Gasteiger partial charge in [-0.1, -0.05) is 19.1 Å². The van der Waals surface area contributed by atoms with Crippen molar-refractivity contribution in [1.29, 1.82) is 0 Å². The van der Waals surface area contributed by atoms with Crippen molar-refractivity contribution in [3.63, 3.8) is 0 Å². The Hall–Kier alpha value is -1.57. The van der Waals surface area contributed by atoms with Gasteiger partial charge in [-0.3, -0.25) is 4.99 Å². The number of hydrogen-bond donors (Lipinski definition) is 2. The van der Waals surface area contributed by atoms with Crippen LogP contribution in [0.1, 0.15) is 20.3 Å². The summed E-state index contributed by atoms with van der Waals surface area (Å²) in [4.78, 5) is 5.44. The molecule has 1 atom stereocenters. The van der Waals surface area contributed by atoms with Crippen molar-refractivity contribution < 1.29 is 17.9 Å². The Kier molecular flexibility index (Phi) is 9.55. The summed E-state index contributed by atoms with van der Waals surface area (Å²) in [6.45, 7) is 4.89. The first-order valence-corrected chi connectivity index (χ1v) is 9.19. The van der Waals surface area contributed by atoms with E-state index in [1.807, 2.05) is 31.2 Å². The summed E-state index contributed by atoms with van der Waals surface area (Å²) < 4.78 is 42.0. The molecule has 1 unspecified atom stereocenters. The third-order valence-electron chi connectivity index (χ3n) is 3.20. The first-order valence-electron chi connectivity index (χ1n) is 8.20. The van der Waals surface area contributed by atoms with Gasteiger partial charge in [-0.2, -0.15) is 13.2 Å². The van der Waals surface area contributed by atoms with E-state index in [9.17, 15) is 13.2 Å². The van der Waals surface area contributed by atoms with Crippen LogP contribution in [0.15, 0.2) is 34.2 Å². The van der Waals surface area contributed by atoms with Crippen molar-refractivity contribution in [2.45, 2.75) is 31.3 Å². The lowest BCUT2D eigenvalue weighted by atomic mass is 10.2. The zero-order valence-electron chi connectivity index (χ0n) is 14.8. The van der Waals surface area contributed by atoms with E-state index in [1.165, 1.54) is 0 Å². The van der Waals surface area contributed by atoms with Gasteiger partial charge < -0.3 is 15.4 Å². The Bertz CT molecular complexity index is 538. The number of nitrogens with zero attached hydrogens (tertiary/aromatic N) is 1. The molecule has 142 valence electrons. The summed E-state index contributed by atoms with van der Waals surface area (Å²) in [6.07, 6.45) is -5.04. The molecular weight excluding hydrogens is 351 g/mol. The molecule has 1 aromatic rings. The van der Waals surface area contributed by atoms with Gasteiger partial charge in [0.15, 0.2) is 5.96 Å². The maximum atomic E-state index is 12.2. The van der Waals surface area contributed by atoms with E-state index in [0.717, 1.165) is 16.4 Å². The van der Waals surface area contributed by atoms with Crippen LogP contribution in [-0.2, 0) is 0 Å². The monoisotopic (exact) mass is 377 g/mol. The molecule has 25 heavy (non-hydrogen) atoms.